The van der Waals surface area contributed by atoms with E-state index in [2.05, 4.69) is 11.4 Å². The molecule has 0 spiro atoms. The van der Waals surface area contributed by atoms with Gasteiger partial charge in [-0.05, 0) is 67.4 Å². The first-order valence-corrected chi connectivity index (χ1v) is 7.58. The minimum atomic E-state index is 0.537. The summed E-state index contributed by atoms with van der Waals surface area (Å²) in [6.07, 6.45) is 13.7. The molecule has 4 rings (SSSR count). The molecule has 3 atom stereocenters. The van der Waals surface area contributed by atoms with Gasteiger partial charge in [-0.2, -0.15) is 0 Å². The van der Waals surface area contributed by atoms with Crippen molar-refractivity contribution in [3.8, 4) is 0 Å². The molecule has 98 valence electrons. The fourth-order valence-corrected chi connectivity index (χ4v) is 4.49. The Morgan fingerprint density at radius 2 is 2.22 bits per heavy atom. The third-order valence-electron chi connectivity index (χ3n) is 5.56. The molecule has 0 aliphatic heterocycles. The molecule has 3 saturated carbocycles. The van der Waals surface area contributed by atoms with Gasteiger partial charge >= 0.3 is 0 Å². The fourth-order valence-electron chi connectivity index (χ4n) is 4.49. The molecule has 1 heterocycles. The van der Waals surface area contributed by atoms with Crippen LogP contribution in [0.1, 0.15) is 44.1 Å². The highest BCUT2D eigenvalue weighted by Crippen LogP contribution is 2.57. The summed E-state index contributed by atoms with van der Waals surface area (Å²) in [5.41, 5.74) is 1.94. The maximum atomic E-state index is 5.27. The first-order chi connectivity index (χ1) is 8.84. The van der Waals surface area contributed by atoms with Crippen LogP contribution in [0.25, 0.3) is 0 Å². The van der Waals surface area contributed by atoms with Crippen LogP contribution in [0.15, 0.2) is 23.0 Å². The van der Waals surface area contributed by atoms with Gasteiger partial charge in [-0.3, -0.25) is 0 Å². The maximum Gasteiger partial charge on any atom is 0.0934 e. The van der Waals surface area contributed by atoms with Crippen molar-refractivity contribution in [3.63, 3.8) is 0 Å². The van der Waals surface area contributed by atoms with E-state index in [0.717, 1.165) is 17.9 Å². The molecule has 0 amide bonds. The van der Waals surface area contributed by atoms with Crippen molar-refractivity contribution in [2.45, 2.75) is 51.0 Å². The van der Waals surface area contributed by atoms with Crippen LogP contribution in [0.5, 0.6) is 0 Å². The second-order valence-electron chi connectivity index (χ2n) is 6.91. The van der Waals surface area contributed by atoms with E-state index in [4.69, 9.17) is 4.42 Å². The lowest BCUT2D eigenvalue weighted by Crippen LogP contribution is -2.41. The van der Waals surface area contributed by atoms with E-state index in [9.17, 15) is 0 Å². The summed E-state index contributed by atoms with van der Waals surface area (Å²) < 4.78 is 5.27. The van der Waals surface area contributed by atoms with Gasteiger partial charge in [0.15, 0.2) is 0 Å². The minimum Gasteiger partial charge on any atom is -0.472 e. The topological polar surface area (TPSA) is 25.2 Å². The monoisotopic (exact) mass is 245 g/mol. The Morgan fingerprint density at radius 3 is 2.83 bits per heavy atom. The van der Waals surface area contributed by atoms with Crippen molar-refractivity contribution in [2.75, 3.05) is 6.54 Å². The summed E-state index contributed by atoms with van der Waals surface area (Å²) in [4.78, 5) is 0. The van der Waals surface area contributed by atoms with Crippen LogP contribution in [-0.2, 0) is 6.42 Å². The lowest BCUT2D eigenvalue weighted by atomic mass is 9.69. The van der Waals surface area contributed by atoms with Gasteiger partial charge in [0.1, 0.15) is 0 Å². The molecule has 1 aromatic rings. The Bertz CT molecular complexity index is 409. The van der Waals surface area contributed by atoms with Gasteiger partial charge in [0, 0.05) is 12.6 Å². The van der Waals surface area contributed by atoms with Gasteiger partial charge in [-0.15, -0.1) is 0 Å². The summed E-state index contributed by atoms with van der Waals surface area (Å²) in [5, 5.41) is 3.81. The Kier molecular flexibility index (Phi) is 2.54. The van der Waals surface area contributed by atoms with Crippen LogP contribution in [0.4, 0.5) is 0 Å². The lowest BCUT2D eigenvalue weighted by molar-refractivity contribution is 0.155. The normalized spacial score (nSPS) is 38.4. The molecule has 0 aromatic carbocycles. The molecule has 3 fully saturated rings. The van der Waals surface area contributed by atoms with Crippen molar-refractivity contribution < 1.29 is 4.42 Å². The largest absolute Gasteiger partial charge is 0.472 e. The molecule has 0 radical (unpaired) electrons. The van der Waals surface area contributed by atoms with Crippen LogP contribution >= 0.6 is 0 Å². The first kappa shape index (κ1) is 11.1. The zero-order valence-electron chi connectivity index (χ0n) is 11.0. The predicted molar refractivity (Wildman–Crippen MR) is 71.3 cm³/mol. The standard InChI is InChI=1S/C16H23NO/c1-2-14-7-12(1)8-16(14,11-17-15-3-4-15)9-13-5-6-18-10-13/h5-6,10,12,14-15,17H,1-4,7-9,11H2. The molecule has 2 bridgehead atoms. The molecular formula is C16H23NO. The Balaban J connectivity index is 1.52. The SMILES string of the molecule is c1cc(CC2(CNC3CC3)CC3CCC2C3)co1. The zero-order valence-corrected chi connectivity index (χ0v) is 11.0. The highest BCUT2D eigenvalue weighted by atomic mass is 16.3. The summed E-state index contributed by atoms with van der Waals surface area (Å²) in [6, 6.07) is 3.00. The maximum absolute atomic E-state index is 5.27. The number of nitrogens with one attached hydrogen (secondary N) is 1. The zero-order chi connectivity index (χ0) is 12.0. The smallest absolute Gasteiger partial charge is 0.0934 e. The van der Waals surface area contributed by atoms with Crippen LogP contribution in [0, 0.1) is 17.3 Å². The molecule has 0 saturated heterocycles. The van der Waals surface area contributed by atoms with E-state index in [1.807, 2.05) is 12.5 Å². The van der Waals surface area contributed by atoms with Crippen LogP contribution in [0.2, 0.25) is 0 Å². The average molecular weight is 245 g/mol. The summed E-state index contributed by atoms with van der Waals surface area (Å²) in [7, 11) is 0. The van der Waals surface area contributed by atoms with Crippen LogP contribution < -0.4 is 5.32 Å². The van der Waals surface area contributed by atoms with E-state index >= 15 is 0 Å². The molecule has 1 aromatic heterocycles. The molecule has 1 N–H and O–H groups in total. The molecule has 2 nitrogen and oxygen atoms in total. The molecule has 3 aliphatic carbocycles. The quantitative estimate of drug-likeness (QED) is 0.860. The van der Waals surface area contributed by atoms with E-state index in [1.165, 1.54) is 57.1 Å². The van der Waals surface area contributed by atoms with Gasteiger partial charge < -0.3 is 9.73 Å². The Labute approximate surface area is 109 Å². The van der Waals surface area contributed by atoms with Gasteiger partial charge in [-0.25, -0.2) is 0 Å². The highest BCUT2D eigenvalue weighted by molar-refractivity contribution is 5.14. The molecule has 3 aliphatic rings. The highest BCUT2D eigenvalue weighted by Gasteiger charge is 2.50. The van der Waals surface area contributed by atoms with Crippen LogP contribution in [-0.4, -0.2) is 12.6 Å². The van der Waals surface area contributed by atoms with Gasteiger partial charge in [0.05, 0.1) is 12.5 Å². The van der Waals surface area contributed by atoms with Crippen molar-refractivity contribution in [2.24, 2.45) is 17.3 Å². The predicted octanol–water partition coefficient (Wildman–Crippen LogP) is 3.38. The second kappa shape index (κ2) is 4.12. The van der Waals surface area contributed by atoms with E-state index in [-0.39, 0.29) is 0 Å². The van der Waals surface area contributed by atoms with Gasteiger partial charge in [-0.1, -0.05) is 6.42 Å². The Morgan fingerprint density at radius 1 is 1.28 bits per heavy atom. The number of rotatable bonds is 5. The summed E-state index contributed by atoms with van der Waals surface area (Å²) >= 11 is 0. The van der Waals surface area contributed by atoms with E-state index < -0.39 is 0 Å². The van der Waals surface area contributed by atoms with Gasteiger partial charge in [0.25, 0.3) is 0 Å². The average Bonchev–Trinajstić information content (AvgIpc) is 2.80. The number of fused-ring (bicyclic) bond motifs is 2. The summed E-state index contributed by atoms with van der Waals surface area (Å²) in [5.74, 6) is 1.98. The lowest BCUT2D eigenvalue weighted by Gasteiger charge is -2.38. The third kappa shape index (κ3) is 1.91. The van der Waals surface area contributed by atoms with Crippen molar-refractivity contribution >= 4 is 0 Å². The van der Waals surface area contributed by atoms with Crippen molar-refractivity contribution in [1.82, 2.24) is 5.32 Å². The van der Waals surface area contributed by atoms with Crippen molar-refractivity contribution in [3.05, 3.63) is 24.2 Å². The van der Waals surface area contributed by atoms with E-state index in [1.54, 1.807) is 0 Å². The summed E-state index contributed by atoms with van der Waals surface area (Å²) in [6.45, 7) is 1.24. The Hall–Kier alpha value is -0.760. The number of furan rings is 1. The molecule has 2 heteroatoms. The molecule has 3 unspecified atom stereocenters. The van der Waals surface area contributed by atoms with Crippen molar-refractivity contribution in [1.29, 1.82) is 0 Å². The number of hydrogen-bond donors (Lipinski definition) is 1. The third-order valence-corrected chi connectivity index (χ3v) is 5.56. The van der Waals surface area contributed by atoms with Crippen LogP contribution in [0.3, 0.4) is 0 Å². The number of hydrogen-bond acceptors (Lipinski definition) is 2. The molecule has 18 heavy (non-hydrogen) atoms. The van der Waals surface area contributed by atoms with Gasteiger partial charge in [0.2, 0.25) is 0 Å². The van der Waals surface area contributed by atoms with E-state index in [0.29, 0.717) is 5.41 Å². The second-order valence-corrected chi connectivity index (χ2v) is 6.91. The first-order valence-electron chi connectivity index (χ1n) is 7.58. The fraction of sp³-hybridized carbons (Fsp3) is 0.750. The minimum absolute atomic E-state index is 0.537. The molecular weight excluding hydrogens is 222 g/mol.